The summed E-state index contributed by atoms with van der Waals surface area (Å²) in [5, 5.41) is 12.9. The van der Waals surface area contributed by atoms with Crippen molar-refractivity contribution in [3.63, 3.8) is 0 Å². The van der Waals surface area contributed by atoms with Crippen LogP contribution < -0.4 is 0 Å². The minimum absolute atomic E-state index is 0.0840. The molecule has 82 valence electrons. The van der Waals surface area contributed by atoms with Crippen LogP contribution in [0.4, 0.5) is 0 Å². The van der Waals surface area contributed by atoms with Crippen molar-refractivity contribution in [2.75, 3.05) is 0 Å². The smallest absolute Gasteiger partial charge is 0.356 e. The molecule has 0 saturated heterocycles. The van der Waals surface area contributed by atoms with Crippen LogP contribution in [0.3, 0.4) is 0 Å². The van der Waals surface area contributed by atoms with Crippen molar-refractivity contribution in [3.05, 3.63) is 42.1 Å². The van der Waals surface area contributed by atoms with Gasteiger partial charge < -0.3 is 5.11 Å². The van der Waals surface area contributed by atoms with Crippen molar-refractivity contribution in [2.45, 2.75) is 13.5 Å². The van der Waals surface area contributed by atoms with Gasteiger partial charge in [-0.25, -0.2) is 4.79 Å². The number of aryl methyl sites for hydroxylation is 1. The van der Waals surface area contributed by atoms with E-state index in [1.165, 1.54) is 0 Å². The molecule has 0 aliphatic carbocycles. The number of hydrogen-bond donors (Lipinski definition) is 1. The van der Waals surface area contributed by atoms with Crippen LogP contribution in [0.15, 0.2) is 36.4 Å². The van der Waals surface area contributed by atoms with E-state index in [2.05, 4.69) is 5.10 Å². The van der Waals surface area contributed by atoms with Crippen LogP contribution in [0.1, 0.15) is 17.4 Å². The van der Waals surface area contributed by atoms with E-state index in [9.17, 15) is 4.79 Å². The maximum Gasteiger partial charge on any atom is 0.356 e. The first kappa shape index (κ1) is 10.4. The van der Waals surface area contributed by atoms with Crippen LogP contribution in [0, 0.1) is 0 Å². The highest BCUT2D eigenvalue weighted by atomic mass is 16.4. The highest BCUT2D eigenvalue weighted by molar-refractivity contribution is 5.87. The van der Waals surface area contributed by atoms with Gasteiger partial charge in [0.25, 0.3) is 0 Å². The van der Waals surface area contributed by atoms with Gasteiger partial charge in [-0.05, 0) is 18.6 Å². The summed E-state index contributed by atoms with van der Waals surface area (Å²) in [5.74, 6) is -0.996. The fraction of sp³-hybridized carbons (Fsp3) is 0.167. The Morgan fingerprint density at radius 1 is 1.38 bits per heavy atom. The predicted octanol–water partition coefficient (Wildman–Crippen LogP) is 2.27. The Balaban J connectivity index is 2.52. The van der Waals surface area contributed by atoms with Crippen LogP contribution in [-0.4, -0.2) is 20.9 Å². The molecule has 1 N–H and O–H groups in total. The summed E-state index contributed by atoms with van der Waals surface area (Å²) in [6.45, 7) is 2.59. The Kier molecular flexibility index (Phi) is 2.72. The molecule has 0 unspecified atom stereocenters. The van der Waals surface area contributed by atoms with E-state index in [0.717, 1.165) is 11.3 Å². The van der Waals surface area contributed by atoms with Gasteiger partial charge in [0, 0.05) is 6.54 Å². The van der Waals surface area contributed by atoms with Crippen LogP contribution in [-0.2, 0) is 6.54 Å². The molecule has 2 aromatic rings. The third-order valence-electron chi connectivity index (χ3n) is 2.37. The zero-order valence-electron chi connectivity index (χ0n) is 8.92. The standard InChI is InChI=1S/C12H12N2O2/c1-2-14-11(8-10(13-14)12(15)16)9-6-4-3-5-7-9/h3-8H,2H2,1H3,(H,15,16). The zero-order chi connectivity index (χ0) is 11.5. The van der Waals surface area contributed by atoms with Gasteiger partial charge in [0.2, 0.25) is 0 Å². The van der Waals surface area contributed by atoms with Crippen molar-refractivity contribution in [2.24, 2.45) is 0 Å². The van der Waals surface area contributed by atoms with Gasteiger partial charge in [0.05, 0.1) is 5.69 Å². The maximum absolute atomic E-state index is 10.8. The summed E-state index contributed by atoms with van der Waals surface area (Å²) < 4.78 is 1.69. The molecule has 2 rings (SSSR count). The van der Waals surface area contributed by atoms with Crippen LogP contribution >= 0.6 is 0 Å². The van der Waals surface area contributed by atoms with Gasteiger partial charge in [0.15, 0.2) is 5.69 Å². The van der Waals surface area contributed by atoms with Crippen LogP contribution in [0.2, 0.25) is 0 Å². The Hall–Kier alpha value is -2.10. The molecular formula is C12H12N2O2. The average Bonchev–Trinajstić information content (AvgIpc) is 2.74. The number of aromatic nitrogens is 2. The second kappa shape index (κ2) is 4.18. The normalized spacial score (nSPS) is 10.3. The van der Waals surface area contributed by atoms with Crippen molar-refractivity contribution in [1.29, 1.82) is 0 Å². The van der Waals surface area contributed by atoms with Gasteiger partial charge in [-0.3, -0.25) is 4.68 Å². The number of hydrogen-bond acceptors (Lipinski definition) is 2. The minimum atomic E-state index is -0.996. The van der Waals surface area contributed by atoms with Gasteiger partial charge in [-0.1, -0.05) is 30.3 Å². The maximum atomic E-state index is 10.8. The Bertz CT molecular complexity index is 503. The number of benzene rings is 1. The van der Waals surface area contributed by atoms with E-state index >= 15 is 0 Å². The lowest BCUT2D eigenvalue weighted by Crippen LogP contribution is -2.02. The van der Waals surface area contributed by atoms with Crippen LogP contribution in [0.25, 0.3) is 11.3 Å². The number of carboxylic acids is 1. The molecule has 4 heteroatoms. The molecule has 0 fully saturated rings. The molecular weight excluding hydrogens is 204 g/mol. The Morgan fingerprint density at radius 2 is 2.06 bits per heavy atom. The summed E-state index contributed by atoms with van der Waals surface area (Å²) in [6.07, 6.45) is 0. The molecule has 0 amide bonds. The average molecular weight is 216 g/mol. The molecule has 0 saturated carbocycles. The topological polar surface area (TPSA) is 55.1 Å². The van der Waals surface area contributed by atoms with Crippen molar-refractivity contribution in [3.8, 4) is 11.3 Å². The van der Waals surface area contributed by atoms with Gasteiger partial charge in [0.1, 0.15) is 0 Å². The van der Waals surface area contributed by atoms with Crippen LogP contribution in [0.5, 0.6) is 0 Å². The lowest BCUT2D eigenvalue weighted by molar-refractivity contribution is 0.0689. The quantitative estimate of drug-likeness (QED) is 0.856. The number of carbonyl (C=O) groups is 1. The first-order valence-electron chi connectivity index (χ1n) is 5.09. The summed E-state index contributed by atoms with van der Waals surface area (Å²) in [6, 6.07) is 11.2. The molecule has 1 aromatic carbocycles. The third kappa shape index (κ3) is 1.82. The molecule has 0 spiro atoms. The van der Waals surface area contributed by atoms with E-state index < -0.39 is 5.97 Å². The Morgan fingerprint density at radius 3 is 2.62 bits per heavy atom. The molecule has 0 aliphatic heterocycles. The monoisotopic (exact) mass is 216 g/mol. The molecule has 1 heterocycles. The molecule has 16 heavy (non-hydrogen) atoms. The summed E-state index contributed by atoms with van der Waals surface area (Å²) in [5.41, 5.74) is 1.89. The third-order valence-corrected chi connectivity index (χ3v) is 2.37. The molecule has 0 radical (unpaired) electrons. The van der Waals surface area contributed by atoms with E-state index in [1.807, 2.05) is 37.3 Å². The van der Waals surface area contributed by atoms with E-state index in [-0.39, 0.29) is 5.69 Å². The fourth-order valence-electron chi connectivity index (χ4n) is 1.60. The Labute approximate surface area is 93.1 Å². The zero-order valence-corrected chi connectivity index (χ0v) is 8.92. The van der Waals surface area contributed by atoms with Crippen molar-refractivity contribution >= 4 is 5.97 Å². The lowest BCUT2D eigenvalue weighted by atomic mass is 10.1. The van der Waals surface area contributed by atoms with Gasteiger partial charge >= 0.3 is 5.97 Å². The van der Waals surface area contributed by atoms with Crippen molar-refractivity contribution < 1.29 is 9.90 Å². The second-order valence-corrected chi connectivity index (χ2v) is 3.40. The van der Waals surface area contributed by atoms with Gasteiger partial charge in [-0.2, -0.15) is 5.10 Å². The second-order valence-electron chi connectivity index (χ2n) is 3.40. The molecule has 0 atom stereocenters. The van der Waals surface area contributed by atoms with E-state index in [1.54, 1.807) is 10.7 Å². The summed E-state index contributed by atoms with van der Waals surface area (Å²) in [4.78, 5) is 10.8. The number of aromatic carboxylic acids is 1. The van der Waals surface area contributed by atoms with Crippen molar-refractivity contribution in [1.82, 2.24) is 9.78 Å². The number of nitrogens with zero attached hydrogens (tertiary/aromatic N) is 2. The fourth-order valence-corrected chi connectivity index (χ4v) is 1.60. The van der Waals surface area contributed by atoms with E-state index in [0.29, 0.717) is 6.54 Å². The first-order valence-corrected chi connectivity index (χ1v) is 5.09. The largest absolute Gasteiger partial charge is 0.476 e. The number of rotatable bonds is 3. The highest BCUT2D eigenvalue weighted by Crippen LogP contribution is 2.20. The molecule has 0 aliphatic rings. The van der Waals surface area contributed by atoms with E-state index in [4.69, 9.17) is 5.11 Å². The predicted molar refractivity (Wildman–Crippen MR) is 60.3 cm³/mol. The van der Waals surface area contributed by atoms with Gasteiger partial charge in [-0.15, -0.1) is 0 Å². The molecule has 4 nitrogen and oxygen atoms in total. The SMILES string of the molecule is CCn1nc(C(=O)O)cc1-c1ccccc1. The first-order chi connectivity index (χ1) is 7.72. The lowest BCUT2D eigenvalue weighted by Gasteiger charge is -2.03. The highest BCUT2D eigenvalue weighted by Gasteiger charge is 2.13. The summed E-state index contributed by atoms with van der Waals surface area (Å²) in [7, 11) is 0. The summed E-state index contributed by atoms with van der Waals surface area (Å²) >= 11 is 0. The molecule has 0 bridgehead atoms. The minimum Gasteiger partial charge on any atom is -0.476 e. The molecule has 1 aromatic heterocycles. The number of carboxylic acid groups (broad SMARTS) is 1.